The first-order chi connectivity index (χ1) is 9.29. The van der Waals surface area contributed by atoms with Crippen LogP contribution in [0.1, 0.15) is 39.0 Å². The van der Waals surface area contributed by atoms with Gasteiger partial charge < -0.3 is 15.4 Å². The Balaban J connectivity index is 1.91. The second-order valence-corrected chi connectivity index (χ2v) is 4.92. The van der Waals surface area contributed by atoms with Crippen LogP contribution < -0.4 is 15.4 Å². The van der Waals surface area contributed by atoms with Gasteiger partial charge in [0.25, 0.3) is 0 Å². The second-order valence-electron chi connectivity index (χ2n) is 4.92. The van der Waals surface area contributed by atoms with Gasteiger partial charge in [0.1, 0.15) is 5.75 Å². The molecule has 1 aromatic carbocycles. The molecule has 0 atom stereocenters. The lowest BCUT2D eigenvalue weighted by atomic mass is 10.2. The van der Waals surface area contributed by atoms with Crippen LogP contribution in [0.15, 0.2) is 24.3 Å². The van der Waals surface area contributed by atoms with Crippen LogP contribution in [0.3, 0.4) is 0 Å². The van der Waals surface area contributed by atoms with Crippen molar-refractivity contribution in [2.24, 2.45) is 0 Å². The molecule has 1 aliphatic rings. The fourth-order valence-corrected chi connectivity index (χ4v) is 2.32. The van der Waals surface area contributed by atoms with E-state index in [9.17, 15) is 4.79 Å². The number of ether oxygens (including phenoxy) is 1. The van der Waals surface area contributed by atoms with E-state index in [0.29, 0.717) is 12.6 Å². The Morgan fingerprint density at radius 2 is 2.05 bits per heavy atom. The third kappa shape index (κ3) is 4.16. The van der Waals surface area contributed by atoms with Gasteiger partial charge in [-0.1, -0.05) is 31.9 Å². The molecule has 1 aromatic rings. The van der Waals surface area contributed by atoms with Crippen LogP contribution in [0.4, 0.5) is 10.5 Å². The fourth-order valence-electron chi connectivity index (χ4n) is 2.32. The first-order valence-corrected chi connectivity index (χ1v) is 7.09. The maximum atomic E-state index is 11.9. The summed E-state index contributed by atoms with van der Waals surface area (Å²) >= 11 is 0. The van der Waals surface area contributed by atoms with Gasteiger partial charge in [0.05, 0.1) is 12.3 Å². The van der Waals surface area contributed by atoms with Crippen molar-refractivity contribution >= 4 is 11.7 Å². The van der Waals surface area contributed by atoms with Gasteiger partial charge in [0.15, 0.2) is 0 Å². The number of anilines is 1. The molecule has 0 radical (unpaired) electrons. The van der Waals surface area contributed by atoms with Crippen molar-refractivity contribution in [3.8, 4) is 5.75 Å². The number of benzene rings is 1. The SMILES string of the molecule is CCCOc1ccccc1NC(=O)NC1CCCC1. The van der Waals surface area contributed by atoms with E-state index in [2.05, 4.69) is 17.6 Å². The van der Waals surface area contributed by atoms with Crippen LogP contribution in [0.2, 0.25) is 0 Å². The molecule has 2 rings (SSSR count). The van der Waals surface area contributed by atoms with E-state index < -0.39 is 0 Å². The van der Waals surface area contributed by atoms with Crippen molar-refractivity contribution in [3.05, 3.63) is 24.3 Å². The molecule has 0 spiro atoms. The molecule has 2 N–H and O–H groups in total. The molecule has 0 heterocycles. The molecule has 0 aromatic heterocycles. The fraction of sp³-hybridized carbons (Fsp3) is 0.533. The number of urea groups is 1. The summed E-state index contributed by atoms with van der Waals surface area (Å²) in [5.74, 6) is 0.728. The molecule has 4 nitrogen and oxygen atoms in total. The summed E-state index contributed by atoms with van der Waals surface area (Å²) in [6, 6.07) is 7.72. The average molecular weight is 262 g/mol. The molecule has 19 heavy (non-hydrogen) atoms. The predicted octanol–water partition coefficient (Wildman–Crippen LogP) is 3.54. The first-order valence-electron chi connectivity index (χ1n) is 7.09. The predicted molar refractivity (Wildman–Crippen MR) is 76.6 cm³/mol. The third-order valence-electron chi connectivity index (χ3n) is 3.29. The highest BCUT2D eigenvalue weighted by Gasteiger charge is 2.17. The molecule has 0 unspecified atom stereocenters. The van der Waals surface area contributed by atoms with Gasteiger partial charge >= 0.3 is 6.03 Å². The van der Waals surface area contributed by atoms with Crippen LogP contribution >= 0.6 is 0 Å². The molecule has 0 bridgehead atoms. The number of carbonyl (C=O) groups excluding carboxylic acids is 1. The lowest BCUT2D eigenvalue weighted by molar-refractivity contribution is 0.248. The van der Waals surface area contributed by atoms with Gasteiger partial charge in [-0.05, 0) is 31.4 Å². The molecular weight excluding hydrogens is 240 g/mol. The minimum Gasteiger partial charge on any atom is -0.491 e. The Morgan fingerprint density at radius 3 is 2.79 bits per heavy atom. The molecule has 2 amide bonds. The van der Waals surface area contributed by atoms with Crippen LogP contribution in [-0.2, 0) is 0 Å². The summed E-state index contributed by atoms with van der Waals surface area (Å²) in [5.41, 5.74) is 0.728. The molecule has 4 heteroatoms. The number of hydrogen-bond acceptors (Lipinski definition) is 2. The average Bonchev–Trinajstić information content (AvgIpc) is 2.90. The highest BCUT2D eigenvalue weighted by atomic mass is 16.5. The van der Waals surface area contributed by atoms with E-state index in [4.69, 9.17) is 4.74 Å². The molecular formula is C15H22N2O2. The zero-order valence-corrected chi connectivity index (χ0v) is 11.4. The maximum Gasteiger partial charge on any atom is 0.319 e. The van der Waals surface area contributed by atoms with Crippen LogP contribution in [0.5, 0.6) is 5.75 Å². The Bertz CT molecular complexity index is 414. The molecule has 104 valence electrons. The van der Waals surface area contributed by atoms with Gasteiger partial charge in [0.2, 0.25) is 0 Å². The zero-order chi connectivity index (χ0) is 13.5. The number of para-hydroxylation sites is 2. The highest BCUT2D eigenvalue weighted by molar-refractivity contribution is 5.91. The summed E-state index contributed by atoms with van der Waals surface area (Å²) in [6.07, 6.45) is 5.54. The van der Waals surface area contributed by atoms with E-state index in [1.165, 1.54) is 12.8 Å². The second kappa shape index (κ2) is 7.02. The smallest absolute Gasteiger partial charge is 0.319 e. The maximum absolute atomic E-state index is 11.9. The summed E-state index contributed by atoms with van der Waals surface area (Å²) < 4.78 is 5.61. The van der Waals surface area contributed by atoms with Crippen LogP contribution in [0.25, 0.3) is 0 Å². The van der Waals surface area contributed by atoms with Crippen molar-refractivity contribution in [1.29, 1.82) is 0 Å². The summed E-state index contributed by atoms with van der Waals surface area (Å²) in [6.45, 7) is 2.71. The van der Waals surface area contributed by atoms with E-state index >= 15 is 0 Å². The van der Waals surface area contributed by atoms with Crippen molar-refractivity contribution in [3.63, 3.8) is 0 Å². The Kier molecular flexibility index (Phi) is 5.07. The molecule has 1 saturated carbocycles. The highest BCUT2D eigenvalue weighted by Crippen LogP contribution is 2.24. The number of amides is 2. The van der Waals surface area contributed by atoms with Crippen molar-refractivity contribution in [2.75, 3.05) is 11.9 Å². The molecule has 0 saturated heterocycles. The summed E-state index contributed by atoms with van der Waals surface area (Å²) in [5, 5.41) is 5.88. The lowest BCUT2D eigenvalue weighted by Crippen LogP contribution is -2.36. The van der Waals surface area contributed by atoms with Gasteiger partial charge in [0, 0.05) is 6.04 Å². The number of hydrogen-bond donors (Lipinski definition) is 2. The van der Waals surface area contributed by atoms with Crippen molar-refractivity contribution in [1.82, 2.24) is 5.32 Å². The zero-order valence-electron chi connectivity index (χ0n) is 11.4. The number of carbonyl (C=O) groups is 1. The topological polar surface area (TPSA) is 50.4 Å². The van der Waals surface area contributed by atoms with E-state index in [-0.39, 0.29) is 6.03 Å². The Morgan fingerprint density at radius 1 is 1.32 bits per heavy atom. The normalized spacial score (nSPS) is 15.2. The quantitative estimate of drug-likeness (QED) is 0.852. The van der Waals surface area contributed by atoms with E-state index in [1.54, 1.807) is 0 Å². The Labute approximate surface area is 114 Å². The lowest BCUT2D eigenvalue weighted by Gasteiger charge is -2.15. The molecule has 1 fully saturated rings. The largest absolute Gasteiger partial charge is 0.491 e. The number of nitrogens with one attached hydrogen (secondary N) is 2. The summed E-state index contributed by atoms with van der Waals surface area (Å²) in [4.78, 5) is 11.9. The minimum absolute atomic E-state index is 0.139. The van der Waals surface area contributed by atoms with Gasteiger partial charge in [-0.3, -0.25) is 0 Å². The van der Waals surface area contributed by atoms with Gasteiger partial charge in [-0.25, -0.2) is 4.79 Å². The Hall–Kier alpha value is -1.71. The molecule has 1 aliphatic carbocycles. The van der Waals surface area contributed by atoms with Crippen LogP contribution in [0, 0.1) is 0 Å². The van der Waals surface area contributed by atoms with Crippen LogP contribution in [-0.4, -0.2) is 18.7 Å². The molecule has 0 aliphatic heterocycles. The summed E-state index contributed by atoms with van der Waals surface area (Å²) in [7, 11) is 0. The van der Waals surface area contributed by atoms with E-state index in [0.717, 1.165) is 30.7 Å². The van der Waals surface area contributed by atoms with Crippen molar-refractivity contribution in [2.45, 2.75) is 45.1 Å². The number of rotatable bonds is 5. The standard InChI is InChI=1S/C15H22N2O2/c1-2-11-19-14-10-6-5-9-13(14)17-15(18)16-12-7-3-4-8-12/h5-6,9-10,12H,2-4,7-8,11H2,1H3,(H2,16,17,18). The minimum atomic E-state index is -0.139. The first kappa shape index (κ1) is 13.7. The monoisotopic (exact) mass is 262 g/mol. The van der Waals surface area contributed by atoms with Gasteiger partial charge in [-0.2, -0.15) is 0 Å². The van der Waals surface area contributed by atoms with Crippen molar-refractivity contribution < 1.29 is 9.53 Å². The van der Waals surface area contributed by atoms with E-state index in [1.807, 2.05) is 24.3 Å². The third-order valence-corrected chi connectivity index (χ3v) is 3.29. The van der Waals surface area contributed by atoms with Gasteiger partial charge in [-0.15, -0.1) is 0 Å².